The lowest BCUT2D eigenvalue weighted by Crippen LogP contribution is -2.41. The fourth-order valence-corrected chi connectivity index (χ4v) is 6.00. The van der Waals surface area contributed by atoms with Crippen LogP contribution in [-0.4, -0.2) is 37.8 Å². The zero-order valence-corrected chi connectivity index (χ0v) is 15.3. The first kappa shape index (κ1) is 16.5. The van der Waals surface area contributed by atoms with Crippen molar-refractivity contribution in [1.82, 2.24) is 4.31 Å². The van der Waals surface area contributed by atoms with E-state index in [9.17, 15) is 13.2 Å². The molecule has 0 bridgehead atoms. The van der Waals surface area contributed by atoms with Crippen molar-refractivity contribution in [3.63, 3.8) is 0 Å². The molecule has 0 spiro atoms. The average molecular weight is 358 g/mol. The number of carbonyl (C=O) groups excluding carboxylic acids is 1. The Kier molecular flexibility index (Phi) is 3.85. The van der Waals surface area contributed by atoms with Gasteiger partial charge in [-0.1, -0.05) is 18.6 Å². The number of carbonyl (C=O) groups is 1. The minimum absolute atomic E-state index is 0.00978. The van der Waals surface area contributed by atoms with Gasteiger partial charge >= 0.3 is 0 Å². The van der Waals surface area contributed by atoms with Crippen LogP contribution in [0.15, 0.2) is 35.2 Å². The summed E-state index contributed by atoms with van der Waals surface area (Å²) in [5, 5.41) is 1.41. The lowest BCUT2D eigenvalue weighted by molar-refractivity contribution is 0.0994. The zero-order chi connectivity index (χ0) is 17.8. The van der Waals surface area contributed by atoms with E-state index in [4.69, 9.17) is 0 Å². The Bertz CT molecular complexity index is 968. The molecular weight excluding hydrogens is 336 g/mol. The summed E-state index contributed by atoms with van der Waals surface area (Å²) in [4.78, 5) is 14.6. The van der Waals surface area contributed by atoms with Crippen LogP contribution in [-0.2, 0) is 10.0 Å². The van der Waals surface area contributed by atoms with E-state index in [0.717, 1.165) is 30.3 Å². The molecule has 0 aliphatic carbocycles. The highest BCUT2D eigenvalue weighted by molar-refractivity contribution is 7.89. The molecule has 6 heteroatoms. The molecular formula is C19H22N2O3S. The van der Waals surface area contributed by atoms with Gasteiger partial charge in [0, 0.05) is 35.5 Å². The standard InChI is InChI=1S/C19H22N2O3S/c1-3-20-16-10-11-17(14-8-6-9-15(18(14)16)19(20)22)25(23,24)21-12-5-4-7-13(21)2/h6,8-11,13H,3-5,7,12H2,1-2H3. The zero-order valence-electron chi connectivity index (χ0n) is 14.5. The number of hydrogen-bond acceptors (Lipinski definition) is 3. The van der Waals surface area contributed by atoms with Gasteiger partial charge in [-0.15, -0.1) is 0 Å². The van der Waals surface area contributed by atoms with Gasteiger partial charge in [-0.3, -0.25) is 4.79 Å². The van der Waals surface area contributed by atoms with Crippen molar-refractivity contribution in [3.05, 3.63) is 35.9 Å². The van der Waals surface area contributed by atoms with Gasteiger partial charge in [-0.25, -0.2) is 8.42 Å². The Labute approximate surface area is 148 Å². The molecule has 2 aliphatic rings. The highest BCUT2D eigenvalue weighted by Gasteiger charge is 2.35. The van der Waals surface area contributed by atoms with Gasteiger partial charge in [0.25, 0.3) is 5.91 Å². The van der Waals surface area contributed by atoms with E-state index >= 15 is 0 Å². The lowest BCUT2D eigenvalue weighted by atomic mass is 10.1. The van der Waals surface area contributed by atoms with Crippen LogP contribution in [0.3, 0.4) is 0 Å². The Morgan fingerprint density at radius 1 is 1.16 bits per heavy atom. The molecule has 0 N–H and O–H groups in total. The molecule has 1 unspecified atom stereocenters. The molecule has 0 saturated carbocycles. The van der Waals surface area contributed by atoms with Crippen LogP contribution < -0.4 is 4.90 Å². The van der Waals surface area contributed by atoms with E-state index in [2.05, 4.69) is 0 Å². The van der Waals surface area contributed by atoms with Crippen molar-refractivity contribution in [2.45, 2.75) is 44.0 Å². The number of nitrogens with zero attached hydrogens (tertiary/aromatic N) is 2. The van der Waals surface area contributed by atoms with Crippen LogP contribution in [0.2, 0.25) is 0 Å². The van der Waals surface area contributed by atoms with Crippen LogP contribution in [0.1, 0.15) is 43.5 Å². The van der Waals surface area contributed by atoms with Gasteiger partial charge in [0.05, 0.1) is 10.6 Å². The van der Waals surface area contributed by atoms with Gasteiger partial charge in [-0.05, 0) is 44.9 Å². The summed E-state index contributed by atoms with van der Waals surface area (Å²) in [5.41, 5.74) is 1.40. The predicted octanol–water partition coefficient (Wildman–Crippen LogP) is 3.38. The smallest absolute Gasteiger partial charge is 0.258 e. The molecule has 2 heterocycles. The first-order chi connectivity index (χ1) is 12.0. The second kappa shape index (κ2) is 5.81. The summed E-state index contributed by atoms with van der Waals surface area (Å²) >= 11 is 0. The minimum Gasteiger partial charge on any atom is -0.308 e. The topological polar surface area (TPSA) is 57.7 Å². The van der Waals surface area contributed by atoms with Crippen molar-refractivity contribution in [2.75, 3.05) is 18.0 Å². The fourth-order valence-electron chi connectivity index (χ4n) is 4.11. The van der Waals surface area contributed by atoms with Gasteiger partial charge in [0.1, 0.15) is 0 Å². The normalized spacial score (nSPS) is 21.3. The number of benzene rings is 2. The highest BCUT2D eigenvalue weighted by Crippen LogP contribution is 2.41. The van der Waals surface area contributed by atoms with Crippen molar-refractivity contribution in [1.29, 1.82) is 0 Å². The van der Waals surface area contributed by atoms with Gasteiger partial charge < -0.3 is 4.90 Å². The van der Waals surface area contributed by atoms with Crippen LogP contribution in [0, 0.1) is 0 Å². The van der Waals surface area contributed by atoms with E-state index in [-0.39, 0.29) is 11.9 Å². The lowest BCUT2D eigenvalue weighted by Gasteiger charge is -2.32. The SMILES string of the molecule is CCN1C(=O)c2cccc3c(S(=O)(=O)N4CCCCC4C)ccc1c23. The summed E-state index contributed by atoms with van der Waals surface area (Å²) < 4.78 is 28.2. The molecule has 2 aromatic rings. The Hall–Kier alpha value is -1.92. The summed E-state index contributed by atoms with van der Waals surface area (Å²) in [6.45, 7) is 5.03. The first-order valence-corrected chi connectivity index (χ1v) is 10.3. The quantitative estimate of drug-likeness (QED) is 0.845. The maximum Gasteiger partial charge on any atom is 0.258 e. The Balaban J connectivity index is 1.94. The number of anilines is 1. The maximum absolute atomic E-state index is 13.3. The maximum atomic E-state index is 13.3. The predicted molar refractivity (Wildman–Crippen MR) is 98.5 cm³/mol. The fraction of sp³-hybridized carbons (Fsp3) is 0.421. The summed E-state index contributed by atoms with van der Waals surface area (Å²) in [6, 6.07) is 8.83. The summed E-state index contributed by atoms with van der Waals surface area (Å²) in [7, 11) is -3.58. The largest absolute Gasteiger partial charge is 0.308 e. The third kappa shape index (κ3) is 2.31. The molecule has 2 aromatic carbocycles. The number of amides is 1. The molecule has 1 fully saturated rings. The molecule has 0 radical (unpaired) electrons. The van der Waals surface area contributed by atoms with E-state index in [1.807, 2.05) is 19.9 Å². The van der Waals surface area contributed by atoms with Crippen molar-refractivity contribution in [3.8, 4) is 0 Å². The Morgan fingerprint density at radius 3 is 2.68 bits per heavy atom. The molecule has 5 nitrogen and oxygen atoms in total. The molecule has 2 aliphatic heterocycles. The second-order valence-corrected chi connectivity index (χ2v) is 8.68. The summed E-state index contributed by atoms with van der Waals surface area (Å²) in [5.74, 6) is -0.0519. The van der Waals surface area contributed by atoms with E-state index < -0.39 is 10.0 Å². The molecule has 4 rings (SSSR count). The molecule has 25 heavy (non-hydrogen) atoms. The van der Waals surface area contributed by atoms with E-state index in [0.29, 0.717) is 28.9 Å². The number of hydrogen-bond donors (Lipinski definition) is 0. The molecule has 1 saturated heterocycles. The van der Waals surface area contributed by atoms with Crippen LogP contribution in [0.25, 0.3) is 10.8 Å². The van der Waals surface area contributed by atoms with E-state index in [1.54, 1.807) is 33.5 Å². The summed E-state index contributed by atoms with van der Waals surface area (Å²) in [6.07, 6.45) is 2.85. The van der Waals surface area contributed by atoms with Gasteiger partial charge in [-0.2, -0.15) is 4.31 Å². The number of rotatable bonds is 3. The van der Waals surface area contributed by atoms with Crippen molar-refractivity contribution >= 4 is 32.4 Å². The molecule has 0 aromatic heterocycles. The number of piperidine rings is 1. The molecule has 1 atom stereocenters. The van der Waals surface area contributed by atoms with E-state index in [1.165, 1.54) is 0 Å². The van der Waals surface area contributed by atoms with Gasteiger partial charge in [0.2, 0.25) is 10.0 Å². The van der Waals surface area contributed by atoms with Crippen LogP contribution >= 0.6 is 0 Å². The molecule has 1 amide bonds. The third-order valence-electron chi connectivity index (χ3n) is 5.39. The third-order valence-corrected chi connectivity index (χ3v) is 7.46. The Morgan fingerprint density at radius 2 is 1.96 bits per heavy atom. The van der Waals surface area contributed by atoms with Gasteiger partial charge in [0.15, 0.2) is 0 Å². The highest BCUT2D eigenvalue weighted by atomic mass is 32.2. The number of sulfonamides is 1. The van der Waals surface area contributed by atoms with Crippen molar-refractivity contribution in [2.24, 2.45) is 0 Å². The monoisotopic (exact) mass is 358 g/mol. The molecule has 132 valence electrons. The van der Waals surface area contributed by atoms with Crippen LogP contribution in [0.5, 0.6) is 0 Å². The first-order valence-electron chi connectivity index (χ1n) is 8.86. The average Bonchev–Trinajstić information content (AvgIpc) is 2.89. The minimum atomic E-state index is -3.58. The van der Waals surface area contributed by atoms with Crippen LogP contribution in [0.4, 0.5) is 5.69 Å². The van der Waals surface area contributed by atoms with Crippen molar-refractivity contribution < 1.29 is 13.2 Å². The second-order valence-electron chi connectivity index (χ2n) is 6.82.